The number of carbonyl (C=O) groups is 1. The molecule has 1 fully saturated rings. The van der Waals surface area contributed by atoms with Gasteiger partial charge >= 0.3 is 6.18 Å². The van der Waals surface area contributed by atoms with E-state index in [1.807, 2.05) is 29.2 Å². The molecule has 1 aliphatic rings. The standard InChI is InChI=1S/C23H28F3N5O.HI/c1-17(32)29-20-8-6-18(7-9-20)10-11-28-22(27-2)31-14-12-30(13-15-31)21-5-3-4-19(16-21)23(24,25)26;/h3-9,16H,10-15H2,1-2H3,(H,27,28)(H,29,32);1H. The lowest BCUT2D eigenvalue weighted by atomic mass is 10.1. The number of rotatable bonds is 5. The molecule has 0 bridgehead atoms. The first-order chi connectivity index (χ1) is 15.3. The second-order valence-corrected chi connectivity index (χ2v) is 7.62. The number of carbonyl (C=O) groups excluding carboxylic acids is 1. The van der Waals surface area contributed by atoms with Crippen molar-refractivity contribution >= 4 is 47.2 Å². The van der Waals surface area contributed by atoms with Gasteiger partial charge in [0, 0.05) is 58.1 Å². The molecule has 0 aliphatic carbocycles. The molecule has 33 heavy (non-hydrogen) atoms. The Hall–Kier alpha value is -2.50. The highest BCUT2D eigenvalue weighted by Gasteiger charge is 2.31. The number of nitrogens with zero attached hydrogens (tertiary/aromatic N) is 3. The van der Waals surface area contributed by atoms with E-state index in [-0.39, 0.29) is 29.9 Å². The van der Waals surface area contributed by atoms with Crippen LogP contribution >= 0.6 is 24.0 Å². The molecule has 0 atom stereocenters. The number of hydrogen-bond donors (Lipinski definition) is 2. The minimum absolute atomic E-state index is 0. The maximum absolute atomic E-state index is 13.0. The molecule has 1 amide bonds. The maximum atomic E-state index is 13.0. The molecular weight excluding hydrogens is 546 g/mol. The van der Waals surface area contributed by atoms with Gasteiger partial charge in [0.2, 0.25) is 5.91 Å². The zero-order chi connectivity index (χ0) is 23.1. The predicted octanol–water partition coefficient (Wildman–Crippen LogP) is 4.22. The number of hydrogen-bond acceptors (Lipinski definition) is 3. The number of aliphatic imine (C=N–C) groups is 1. The number of anilines is 2. The first-order valence-electron chi connectivity index (χ1n) is 10.5. The monoisotopic (exact) mass is 575 g/mol. The van der Waals surface area contributed by atoms with E-state index in [0.29, 0.717) is 38.4 Å². The van der Waals surface area contributed by atoms with Crippen molar-refractivity contribution in [3.63, 3.8) is 0 Å². The summed E-state index contributed by atoms with van der Waals surface area (Å²) in [5, 5.41) is 6.10. The summed E-state index contributed by atoms with van der Waals surface area (Å²) in [5.41, 5.74) is 1.87. The van der Waals surface area contributed by atoms with Gasteiger partial charge in [-0.15, -0.1) is 24.0 Å². The number of nitrogens with one attached hydrogen (secondary N) is 2. The van der Waals surface area contributed by atoms with Gasteiger partial charge in [0.15, 0.2) is 5.96 Å². The molecule has 2 N–H and O–H groups in total. The molecule has 2 aromatic rings. The van der Waals surface area contributed by atoms with Crippen LogP contribution in [0.1, 0.15) is 18.1 Å². The van der Waals surface area contributed by atoms with Crippen molar-refractivity contribution in [2.75, 3.05) is 50.0 Å². The van der Waals surface area contributed by atoms with Gasteiger partial charge in [-0.1, -0.05) is 18.2 Å². The van der Waals surface area contributed by atoms with Crippen molar-refractivity contribution < 1.29 is 18.0 Å². The Bertz CT molecular complexity index is 942. The van der Waals surface area contributed by atoms with Crippen LogP contribution in [-0.2, 0) is 17.4 Å². The molecule has 0 spiro atoms. The Morgan fingerprint density at radius 1 is 1.06 bits per heavy atom. The van der Waals surface area contributed by atoms with Crippen molar-refractivity contribution in [3.8, 4) is 0 Å². The van der Waals surface area contributed by atoms with E-state index in [2.05, 4.69) is 20.5 Å². The lowest BCUT2D eigenvalue weighted by Gasteiger charge is -2.37. The number of benzene rings is 2. The third-order valence-electron chi connectivity index (χ3n) is 5.30. The van der Waals surface area contributed by atoms with Crippen LogP contribution < -0.4 is 15.5 Å². The van der Waals surface area contributed by atoms with Gasteiger partial charge in [0.1, 0.15) is 0 Å². The van der Waals surface area contributed by atoms with Gasteiger partial charge in [-0.05, 0) is 42.3 Å². The van der Waals surface area contributed by atoms with Gasteiger partial charge in [-0.3, -0.25) is 9.79 Å². The van der Waals surface area contributed by atoms with Crippen molar-refractivity contribution in [2.45, 2.75) is 19.5 Å². The van der Waals surface area contributed by atoms with Crippen LogP contribution in [0.15, 0.2) is 53.5 Å². The Labute approximate surface area is 209 Å². The van der Waals surface area contributed by atoms with E-state index in [1.54, 1.807) is 13.1 Å². The summed E-state index contributed by atoms with van der Waals surface area (Å²) in [6, 6.07) is 13.2. The highest BCUT2D eigenvalue weighted by atomic mass is 127. The van der Waals surface area contributed by atoms with E-state index in [9.17, 15) is 18.0 Å². The number of amides is 1. The van der Waals surface area contributed by atoms with Crippen LogP contribution in [0.25, 0.3) is 0 Å². The van der Waals surface area contributed by atoms with Gasteiger partial charge in [0.05, 0.1) is 5.56 Å². The minimum atomic E-state index is -4.34. The molecule has 0 aromatic heterocycles. The third-order valence-corrected chi connectivity index (χ3v) is 5.30. The number of guanidine groups is 1. The van der Waals surface area contributed by atoms with Gasteiger partial charge < -0.3 is 20.4 Å². The molecule has 0 radical (unpaired) electrons. The van der Waals surface area contributed by atoms with Crippen LogP contribution in [-0.4, -0.2) is 56.5 Å². The summed E-state index contributed by atoms with van der Waals surface area (Å²) in [6.07, 6.45) is -3.54. The maximum Gasteiger partial charge on any atom is 0.416 e. The van der Waals surface area contributed by atoms with Crippen LogP contribution in [0.3, 0.4) is 0 Å². The van der Waals surface area contributed by atoms with Crippen molar-refractivity contribution in [1.82, 2.24) is 10.2 Å². The molecule has 0 unspecified atom stereocenters. The number of alkyl halides is 3. The van der Waals surface area contributed by atoms with E-state index in [4.69, 9.17) is 0 Å². The predicted molar refractivity (Wildman–Crippen MR) is 136 cm³/mol. The second-order valence-electron chi connectivity index (χ2n) is 7.62. The quantitative estimate of drug-likeness (QED) is 0.319. The van der Waals surface area contributed by atoms with Gasteiger partial charge in [0.25, 0.3) is 0 Å². The fourth-order valence-electron chi connectivity index (χ4n) is 3.66. The van der Waals surface area contributed by atoms with Crippen LogP contribution in [0.4, 0.5) is 24.5 Å². The fourth-order valence-corrected chi connectivity index (χ4v) is 3.66. The summed E-state index contributed by atoms with van der Waals surface area (Å²) >= 11 is 0. The minimum Gasteiger partial charge on any atom is -0.368 e. The topological polar surface area (TPSA) is 60.0 Å². The molecule has 1 aliphatic heterocycles. The SMILES string of the molecule is CN=C(NCCc1ccc(NC(C)=O)cc1)N1CCN(c2cccc(C(F)(F)F)c2)CC1.I. The van der Waals surface area contributed by atoms with Crippen molar-refractivity contribution in [1.29, 1.82) is 0 Å². The smallest absolute Gasteiger partial charge is 0.368 e. The Morgan fingerprint density at radius 2 is 1.73 bits per heavy atom. The van der Waals surface area contributed by atoms with Crippen LogP contribution in [0.2, 0.25) is 0 Å². The number of piperazine rings is 1. The van der Waals surface area contributed by atoms with E-state index in [1.165, 1.54) is 19.1 Å². The molecule has 10 heteroatoms. The molecule has 1 saturated heterocycles. The lowest BCUT2D eigenvalue weighted by molar-refractivity contribution is -0.137. The molecule has 1 heterocycles. The van der Waals surface area contributed by atoms with Crippen molar-refractivity contribution in [3.05, 3.63) is 59.7 Å². The molecule has 3 rings (SSSR count). The van der Waals surface area contributed by atoms with Gasteiger partial charge in [-0.25, -0.2) is 0 Å². The highest BCUT2D eigenvalue weighted by Crippen LogP contribution is 2.31. The summed E-state index contributed by atoms with van der Waals surface area (Å²) in [7, 11) is 1.73. The zero-order valence-electron chi connectivity index (χ0n) is 18.7. The molecular formula is C23H29F3IN5O. The Kier molecular flexibility index (Phi) is 9.81. The van der Waals surface area contributed by atoms with Gasteiger partial charge in [-0.2, -0.15) is 13.2 Å². The van der Waals surface area contributed by atoms with E-state index < -0.39 is 11.7 Å². The molecule has 180 valence electrons. The Morgan fingerprint density at radius 3 is 2.30 bits per heavy atom. The first kappa shape index (κ1) is 26.7. The third kappa shape index (κ3) is 7.79. The first-order valence-corrected chi connectivity index (χ1v) is 10.5. The lowest BCUT2D eigenvalue weighted by Crippen LogP contribution is -2.52. The largest absolute Gasteiger partial charge is 0.416 e. The average Bonchev–Trinajstić information content (AvgIpc) is 2.77. The second kappa shape index (κ2) is 12.1. The molecule has 0 saturated carbocycles. The summed E-state index contributed by atoms with van der Waals surface area (Å²) < 4.78 is 39.0. The Balaban J connectivity index is 0.00000385. The fraction of sp³-hybridized carbons (Fsp3) is 0.391. The summed E-state index contributed by atoms with van der Waals surface area (Å²) in [4.78, 5) is 19.5. The van der Waals surface area contributed by atoms with Crippen LogP contribution in [0, 0.1) is 0 Å². The normalized spacial score (nSPS) is 14.5. The van der Waals surface area contributed by atoms with E-state index >= 15 is 0 Å². The number of halogens is 4. The summed E-state index contributed by atoms with van der Waals surface area (Å²) in [6.45, 7) is 4.74. The van der Waals surface area contributed by atoms with E-state index in [0.717, 1.165) is 29.7 Å². The van der Waals surface area contributed by atoms with Crippen molar-refractivity contribution in [2.24, 2.45) is 4.99 Å². The molecule has 2 aromatic carbocycles. The summed E-state index contributed by atoms with van der Waals surface area (Å²) in [5.74, 6) is 0.680. The zero-order valence-corrected chi connectivity index (χ0v) is 21.0. The molecule has 6 nitrogen and oxygen atoms in total. The average molecular weight is 575 g/mol. The highest BCUT2D eigenvalue weighted by molar-refractivity contribution is 14.0. The van der Waals surface area contributed by atoms with Crippen LogP contribution in [0.5, 0.6) is 0 Å².